The van der Waals surface area contributed by atoms with Crippen LogP contribution in [-0.2, 0) is 0 Å². The van der Waals surface area contributed by atoms with Crippen molar-refractivity contribution in [1.82, 2.24) is 9.47 Å². The Bertz CT molecular complexity index is 454. The summed E-state index contributed by atoms with van der Waals surface area (Å²) in [5, 5.41) is 0. The Labute approximate surface area is 130 Å². The highest BCUT2D eigenvalue weighted by Gasteiger charge is 2.19. The zero-order valence-electron chi connectivity index (χ0n) is 13.1. The fourth-order valence-corrected chi connectivity index (χ4v) is 2.45. The number of nitrogens with two attached hydrogens (primary N) is 1. The highest BCUT2D eigenvalue weighted by Crippen LogP contribution is 2.20. The van der Waals surface area contributed by atoms with Crippen molar-refractivity contribution in [1.29, 1.82) is 0 Å². The van der Waals surface area contributed by atoms with E-state index in [-0.39, 0.29) is 18.0 Å². The van der Waals surface area contributed by atoms with E-state index in [0.29, 0.717) is 18.2 Å². The van der Waals surface area contributed by atoms with Gasteiger partial charge in [-0.05, 0) is 48.2 Å². The van der Waals surface area contributed by atoms with Crippen LogP contribution in [0.5, 0.6) is 0 Å². The predicted octanol–water partition coefficient (Wildman–Crippen LogP) is 3.28. The number of halogens is 1. The van der Waals surface area contributed by atoms with Crippen molar-refractivity contribution in [2.45, 2.75) is 46.2 Å². The van der Waals surface area contributed by atoms with Gasteiger partial charge in [-0.25, -0.2) is 0 Å². The molecule has 5 heteroatoms. The van der Waals surface area contributed by atoms with Crippen molar-refractivity contribution in [3.8, 4) is 0 Å². The molecule has 1 aromatic heterocycles. The van der Waals surface area contributed by atoms with Gasteiger partial charge < -0.3 is 15.2 Å². The Morgan fingerprint density at radius 3 is 2.50 bits per heavy atom. The Kier molecular flexibility index (Phi) is 6.27. The second-order valence-corrected chi connectivity index (χ2v) is 6.88. The van der Waals surface area contributed by atoms with Crippen LogP contribution in [0.15, 0.2) is 16.7 Å². The van der Waals surface area contributed by atoms with Crippen molar-refractivity contribution in [3.63, 3.8) is 0 Å². The van der Waals surface area contributed by atoms with Crippen LogP contribution in [0.2, 0.25) is 0 Å². The first-order chi connectivity index (χ1) is 9.23. The largest absolute Gasteiger partial charge is 0.340 e. The van der Waals surface area contributed by atoms with Gasteiger partial charge in [-0.1, -0.05) is 13.8 Å². The lowest BCUT2D eigenvalue weighted by atomic mass is 10.0. The first-order valence-corrected chi connectivity index (χ1v) is 7.91. The van der Waals surface area contributed by atoms with E-state index in [2.05, 4.69) is 43.6 Å². The molecule has 0 aliphatic carbocycles. The summed E-state index contributed by atoms with van der Waals surface area (Å²) in [6.45, 7) is 9.02. The molecule has 1 amide bonds. The number of amides is 1. The van der Waals surface area contributed by atoms with Crippen LogP contribution in [-0.4, -0.2) is 35.0 Å². The summed E-state index contributed by atoms with van der Waals surface area (Å²) in [5.41, 5.74) is 6.75. The number of carbonyl (C=O) groups excluding carboxylic acids is 1. The van der Waals surface area contributed by atoms with Crippen molar-refractivity contribution >= 4 is 21.8 Å². The third-order valence-electron chi connectivity index (χ3n) is 3.59. The molecule has 0 aliphatic rings. The lowest BCUT2D eigenvalue weighted by Gasteiger charge is -2.22. The molecule has 0 aromatic carbocycles. The van der Waals surface area contributed by atoms with Crippen molar-refractivity contribution < 1.29 is 4.79 Å². The molecule has 1 unspecified atom stereocenters. The molecule has 1 atom stereocenters. The molecule has 20 heavy (non-hydrogen) atoms. The molecule has 1 rings (SSSR count). The molecule has 114 valence electrons. The van der Waals surface area contributed by atoms with Gasteiger partial charge in [-0.15, -0.1) is 0 Å². The number of aromatic nitrogens is 1. The molecule has 4 nitrogen and oxygen atoms in total. The number of nitrogens with zero attached hydrogens (tertiary/aromatic N) is 2. The second kappa shape index (κ2) is 7.27. The molecule has 0 bridgehead atoms. The van der Waals surface area contributed by atoms with Gasteiger partial charge in [0, 0.05) is 36.3 Å². The maximum Gasteiger partial charge on any atom is 0.270 e. The second-order valence-electron chi connectivity index (χ2n) is 5.97. The SMILES string of the molecule is CC(C)C(N)CCN(C)C(=O)c1cc(Br)cn1C(C)C. The minimum atomic E-state index is 0.0420. The summed E-state index contributed by atoms with van der Waals surface area (Å²) in [4.78, 5) is 14.3. The van der Waals surface area contributed by atoms with Crippen molar-refractivity contribution in [2.24, 2.45) is 11.7 Å². The highest BCUT2D eigenvalue weighted by molar-refractivity contribution is 9.10. The van der Waals surface area contributed by atoms with Gasteiger partial charge in [-0.2, -0.15) is 0 Å². The van der Waals surface area contributed by atoms with Gasteiger partial charge in [0.05, 0.1) is 0 Å². The van der Waals surface area contributed by atoms with Crippen LogP contribution >= 0.6 is 15.9 Å². The van der Waals surface area contributed by atoms with Crippen LogP contribution < -0.4 is 5.73 Å². The lowest BCUT2D eigenvalue weighted by molar-refractivity contribution is 0.0777. The number of hydrogen-bond acceptors (Lipinski definition) is 2. The maximum atomic E-state index is 12.5. The molecule has 0 radical (unpaired) electrons. The lowest BCUT2D eigenvalue weighted by Crippen LogP contribution is -2.35. The minimum Gasteiger partial charge on any atom is -0.340 e. The molecule has 0 aliphatic heterocycles. The summed E-state index contributed by atoms with van der Waals surface area (Å²) in [5.74, 6) is 0.479. The molecule has 0 saturated heterocycles. The van der Waals surface area contributed by atoms with Gasteiger partial charge >= 0.3 is 0 Å². The quantitative estimate of drug-likeness (QED) is 0.861. The van der Waals surface area contributed by atoms with E-state index in [0.717, 1.165) is 10.9 Å². The minimum absolute atomic E-state index is 0.0420. The van der Waals surface area contributed by atoms with E-state index in [1.54, 1.807) is 4.90 Å². The zero-order valence-corrected chi connectivity index (χ0v) is 14.6. The van der Waals surface area contributed by atoms with Crippen molar-refractivity contribution in [3.05, 3.63) is 22.4 Å². The summed E-state index contributed by atoms with van der Waals surface area (Å²) in [6.07, 6.45) is 2.77. The van der Waals surface area contributed by atoms with E-state index in [1.165, 1.54) is 0 Å². The van der Waals surface area contributed by atoms with Crippen LogP contribution in [0.3, 0.4) is 0 Å². The van der Waals surface area contributed by atoms with Crippen LogP contribution in [0.1, 0.15) is 50.6 Å². The van der Waals surface area contributed by atoms with E-state index in [4.69, 9.17) is 5.73 Å². The van der Waals surface area contributed by atoms with Gasteiger partial charge in [-0.3, -0.25) is 4.79 Å². The van der Waals surface area contributed by atoms with Crippen LogP contribution in [0, 0.1) is 5.92 Å². The van der Waals surface area contributed by atoms with Gasteiger partial charge in [0.15, 0.2) is 0 Å². The number of carbonyl (C=O) groups is 1. The first-order valence-electron chi connectivity index (χ1n) is 7.12. The summed E-state index contributed by atoms with van der Waals surface area (Å²) >= 11 is 3.44. The van der Waals surface area contributed by atoms with E-state index in [1.807, 2.05) is 23.9 Å². The van der Waals surface area contributed by atoms with Gasteiger partial charge in [0.2, 0.25) is 0 Å². The average Bonchev–Trinajstić information content (AvgIpc) is 2.76. The molecule has 2 N–H and O–H groups in total. The Balaban J connectivity index is 2.74. The zero-order chi connectivity index (χ0) is 15.4. The van der Waals surface area contributed by atoms with Crippen LogP contribution in [0.25, 0.3) is 0 Å². The number of rotatable bonds is 6. The fraction of sp³-hybridized carbons (Fsp3) is 0.667. The van der Waals surface area contributed by atoms with E-state index >= 15 is 0 Å². The highest BCUT2D eigenvalue weighted by atomic mass is 79.9. The number of hydrogen-bond donors (Lipinski definition) is 1. The first kappa shape index (κ1) is 17.2. The predicted molar refractivity (Wildman–Crippen MR) is 86.9 cm³/mol. The van der Waals surface area contributed by atoms with Crippen molar-refractivity contribution in [2.75, 3.05) is 13.6 Å². The molecule has 0 saturated carbocycles. The monoisotopic (exact) mass is 343 g/mol. The molecule has 1 heterocycles. The third kappa shape index (κ3) is 4.35. The van der Waals surface area contributed by atoms with Gasteiger partial charge in [0.1, 0.15) is 5.69 Å². The maximum absolute atomic E-state index is 12.5. The topological polar surface area (TPSA) is 51.3 Å². The fourth-order valence-electron chi connectivity index (χ4n) is 2.02. The van der Waals surface area contributed by atoms with E-state index < -0.39 is 0 Å². The molecular formula is C15H26BrN3O. The summed E-state index contributed by atoms with van der Waals surface area (Å²) in [7, 11) is 1.83. The Morgan fingerprint density at radius 1 is 1.40 bits per heavy atom. The molecule has 0 spiro atoms. The average molecular weight is 344 g/mol. The molecule has 0 fully saturated rings. The normalized spacial score (nSPS) is 13.1. The summed E-state index contributed by atoms with van der Waals surface area (Å²) in [6, 6.07) is 2.27. The standard InChI is InChI=1S/C15H26BrN3O/c1-10(2)13(17)6-7-18(5)15(20)14-8-12(16)9-19(14)11(3)4/h8-11,13H,6-7,17H2,1-5H3. The van der Waals surface area contributed by atoms with Gasteiger partial charge in [0.25, 0.3) is 5.91 Å². The smallest absolute Gasteiger partial charge is 0.270 e. The van der Waals surface area contributed by atoms with E-state index in [9.17, 15) is 4.79 Å². The third-order valence-corrected chi connectivity index (χ3v) is 4.03. The van der Waals surface area contributed by atoms with Crippen LogP contribution in [0.4, 0.5) is 0 Å². The Morgan fingerprint density at radius 2 is 2.00 bits per heavy atom. The Hall–Kier alpha value is -0.810. The molecule has 1 aromatic rings. The summed E-state index contributed by atoms with van der Waals surface area (Å²) < 4.78 is 2.92. The molecular weight excluding hydrogens is 318 g/mol.